The van der Waals surface area contributed by atoms with Crippen molar-refractivity contribution in [3.8, 4) is 6.07 Å². The number of aryl methyl sites for hydroxylation is 1. The molecule has 4 heteroatoms. The highest BCUT2D eigenvalue weighted by Crippen LogP contribution is 2.28. The summed E-state index contributed by atoms with van der Waals surface area (Å²) in [5.41, 5.74) is 1.63. The summed E-state index contributed by atoms with van der Waals surface area (Å²) in [6.07, 6.45) is 5.17. The SMILES string of the molecule is Cc1cc(C#N)cc(N2CCC(NCC3CC3)CC2)n1. The molecule has 106 valence electrons. The van der Waals surface area contributed by atoms with Crippen molar-refractivity contribution >= 4 is 5.82 Å². The Morgan fingerprint density at radius 3 is 2.70 bits per heavy atom. The quantitative estimate of drug-likeness (QED) is 0.911. The number of hydrogen-bond acceptors (Lipinski definition) is 4. The highest BCUT2D eigenvalue weighted by atomic mass is 15.2. The third-order valence-electron chi connectivity index (χ3n) is 4.28. The molecule has 20 heavy (non-hydrogen) atoms. The van der Waals surface area contributed by atoms with Gasteiger partial charge < -0.3 is 10.2 Å². The summed E-state index contributed by atoms with van der Waals surface area (Å²) in [7, 11) is 0. The maximum Gasteiger partial charge on any atom is 0.130 e. The lowest BCUT2D eigenvalue weighted by Gasteiger charge is -2.33. The van der Waals surface area contributed by atoms with Crippen molar-refractivity contribution in [1.29, 1.82) is 5.26 Å². The van der Waals surface area contributed by atoms with Gasteiger partial charge in [0.1, 0.15) is 5.82 Å². The largest absolute Gasteiger partial charge is 0.356 e. The average molecular weight is 270 g/mol. The summed E-state index contributed by atoms with van der Waals surface area (Å²) in [6, 6.07) is 6.62. The normalized spacial score (nSPS) is 19.9. The lowest BCUT2D eigenvalue weighted by molar-refractivity contribution is 0.407. The summed E-state index contributed by atoms with van der Waals surface area (Å²) < 4.78 is 0. The van der Waals surface area contributed by atoms with E-state index in [1.54, 1.807) is 0 Å². The highest BCUT2D eigenvalue weighted by molar-refractivity contribution is 5.46. The standard InChI is InChI=1S/C16H22N4/c1-12-8-14(10-17)9-16(19-12)20-6-4-15(5-7-20)18-11-13-2-3-13/h8-9,13,15,18H,2-7,11H2,1H3. The maximum atomic E-state index is 9.05. The molecule has 1 aliphatic heterocycles. The van der Waals surface area contributed by atoms with Gasteiger partial charge in [-0.1, -0.05) is 0 Å². The Labute approximate surface area is 120 Å². The number of nitrogens with zero attached hydrogens (tertiary/aromatic N) is 3. The molecule has 0 amide bonds. The lowest BCUT2D eigenvalue weighted by atomic mass is 10.0. The second-order valence-corrected chi connectivity index (χ2v) is 6.08. The van der Waals surface area contributed by atoms with Crippen LogP contribution in [0.3, 0.4) is 0 Å². The van der Waals surface area contributed by atoms with Gasteiger partial charge in [0, 0.05) is 24.8 Å². The van der Waals surface area contributed by atoms with Gasteiger partial charge in [0.05, 0.1) is 11.6 Å². The van der Waals surface area contributed by atoms with Crippen molar-refractivity contribution in [2.24, 2.45) is 5.92 Å². The Kier molecular flexibility index (Phi) is 3.88. The van der Waals surface area contributed by atoms with Crippen LogP contribution < -0.4 is 10.2 Å². The molecule has 3 rings (SSSR count). The van der Waals surface area contributed by atoms with Crippen LogP contribution in [0.4, 0.5) is 5.82 Å². The molecule has 0 aromatic carbocycles. The molecule has 1 N–H and O–H groups in total. The van der Waals surface area contributed by atoms with Crippen molar-refractivity contribution in [1.82, 2.24) is 10.3 Å². The fraction of sp³-hybridized carbons (Fsp3) is 0.625. The summed E-state index contributed by atoms with van der Waals surface area (Å²) in [5.74, 6) is 1.91. The first-order chi connectivity index (χ1) is 9.74. The molecule has 0 radical (unpaired) electrons. The van der Waals surface area contributed by atoms with E-state index in [1.807, 2.05) is 19.1 Å². The Hall–Kier alpha value is -1.60. The first kappa shape index (κ1) is 13.4. The molecule has 1 aliphatic carbocycles. The zero-order valence-electron chi connectivity index (χ0n) is 12.1. The zero-order chi connectivity index (χ0) is 13.9. The molecule has 4 nitrogen and oxygen atoms in total. The number of piperidine rings is 1. The van der Waals surface area contributed by atoms with Crippen molar-refractivity contribution in [3.05, 3.63) is 23.4 Å². The van der Waals surface area contributed by atoms with Crippen LogP contribution in [0.25, 0.3) is 0 Å². The maximum absolute atomic E-state index is 9.05. The van der Waals surface area contributed by atoms with E-state index in [4.69, 9.17) is 5.26 Å². The Balaban J connectivity index is 1.57. The smallest absolute Gasteiger partial charge is 0.130 e. The van der Waals surface area contributed by atoms with E-state index in [1.165, 1.54) is 32.2 Å². The Bertz CT molecular complexity index is 508. The molecule has 0 spiro atoms. The number of aromatic nitrogens is 1. The Morgan fingerprint density at radius 1 is 1.30 bits per heavy atom. The third-order valence-corrected chi connectivity index (χ3v) is 4.28. The molecular weight excluding hydrogens is 248 g/mol. The summed E-state index contributed by atoms with van der Waals surface area (Å²) >= 11 is 0. The predicted molar refractivity (Wildman–Crippen MR) is 79.7 cm³/mol. The lowest BCUT2D eigenvalue weighted by Crippen LogP contribution is -2.43. The van der Waals surface area contributed by atoms with Gasteiger partial charge in [-0.15, -0.1) is 0 Å². The van der Waals surface area contributed by atoms with Gasteiger partial charge in [0.15, 0.2) is 0 Å². The number of pyridine rings is 1. The number of hydrogen-bond donors (Lipinski definition) is 1. The molecule has 2 fully saturated rings. The topological polar surface area (TPSA) is 52.0 Å². The van der Waals surface area contributed by atoms with E-state index in [0.29, 0.717) is 11.6 Å². The second kappa shape index (κ2) is 5.80. The fourth-order valence-electron chi connectivity index (χ4n) is 2.85. The van der Waals surface area contributed by atoms with Gasteiger partial charge in [0.25, 0.3) is 0 Å². The molecular formula is C16H22N4. The van der Waals surface area contributed by atoms with Crippen LogP contribution >= 0.6 is 0 Å². The van der Waals surface area contributed by atoms with Gasteiger partial charge in [-0.25, -0.2) is 4.98 Å². The van der Waals surface area contributed by atoms with Gasteiger partial charge in [-0.2, -0.15) is 5.26 Å². The molecule has 0 unspecified atom stereocenters. The van der Waals surface area contributed by atoms with Crippen LogP contribution in [-0.4, -0.2) is 30.7 Å². The van der Waals surface area contributed by atoms with Crippen LogP contribution in [0.15, 0.2) is 12.1 Å². The van der Waals surface area contributed by atoms with Crippen LogP contribution in [0, 0.1) is 24.2 Å². The minimum Gasteiger partial charge on any atom is -0.356 e. The molecule has 1 aromatic rings. The van der Waals surface area contributed by atoms with Crippen LogP contribution in [0.1, 0.15) is 36.9 Å². The molecule has 2 aliphatic rings. The first-order valence-electron chi connectivity index (χ1n) is 7.62. The molecule has 0 bridgehead atoms. The van der Waals surface area contributed by atoms with E-state index in [2.05, 4.69) is 21.3 Å². The summed E-state index contributed by atoms with van der Waals surface area (Å²) in [4.78, 5) is 6.88. The van der Waals surface area contributed by atoms with Gasteiger partial charge in [-0.3, -0.25) is 0 Å². The van der Waals surface area contributed by atoms with Crippen LogP contribution in [0.5, 0.6) is 0 Å². The average Bonchev–Trinajstić information content (AvgIpc) is 3.29. The van der Waals surface area contributed by atoms with Gasteiger partial charge >= 0.3 is 0 Å². The minimum absolute atomic E-state index is 0.659. The number of nitriles is 1. The minimum atomic E-state index is 0.659. The van der Waals surface area contributed by atoms with Gasteiger partial charge in [0.2, 0.25) is 0 Å². The van der Waals surface area contributed by atoms with Crippen molar-refractivity contribution in [2.45, 2.75) is 38.6 Å². The first-order valence-corrected chi connectivity index (χ1v) is 7.62. The highest BCUT2D eigenvalue weighted by Gasteiger charge is 2.24. The number of anilines is 1. The van der Waals surface area contributed by atoms with Crippen molar-refractivity contribution in [3.63, 3.8) is 0 Å². The van der Waals surface area contributed by atoms with E-state index in [9.17, 15) is 0 Å². The second-order valence-electron chi connectivity index (χ2n) is 6.08. The van der Waals surface area contributed by atoms with Crippen LogP contribution in [0.2, 0.25) is 0 Å². The predicted octanol–water partition coefficient (Wildman–Crippen LogP) is 2.23. The van der Waals surface area contributed by atoms with E-state index in [-0.39, 0.29) is 0 Å². The molecule has 1 saturated carbocycles. The molecule has 1 aromatic heterocycles. The zero-order valence-corrected chi connectivity index (χ0v) is 12.1. The monoisotopic (exact) mass is 270 g/mol. The molecule has 0 atom stereocenters. The van der Waals surface area contributed by atoms with Crippen LogP contribution in [-0.2, 0) is 0 Å². The summed E-state index contributed by atoms with van der Waals surface area (Å²) in [6.45, 7) is 5.22. The van der Waals surface area contributed by atoms with E-state index >= 15 is 0 Å². The van der Waals surface area contributed by atoms with Gasteiger partial charge in [-0.05, 0) is 57.2 Å². The van der Waals surface area contributed by atoms with Crippen molar-refractivity contribution < 1.29 is 0 Å². The summed E-state index contributed by atoms with van der Waals surface area (Å²) in [5, 5.41) is 12.7. The van der Waals surface area contributed by atoms with E-state index in [0.717, 1.165) is 30.5 Å². The third kappa shape index (κ3) is 3.29. The molecule has 2 heterocycles. The van der Waals surface area contributed by atoms with E-state index < -0.39 is 0 Å². The number of nitrogens with one attached hydrogen (secondary N) is 1. The number of rotatable bonds is 4. The fourth-order valence-corrected chi connectivity index (χ4v) is 2.85. The molecule has 1 saturated heterocycles. The Morgan fingerprint density at radius 2 is 2.05 bits per heavy atom. The van der Waals surface area contributed by atoms with Crippen molar-refractivity contribution in [2.75, 3.05) is 24.5 Å².